The third-order valence-corrected chi connectivity index (χ3v) is 4.51. The maximum Gasteiger partial charge on any atom is 0.321 e. The molecule has 0 unspecified atom stereocenters. The first kappa shape index (κ1) is 20.2. The first-order valence-electron chi connectivity index (χ1n) is 8.97. The molecule has 0 spiro atoms. The molecule has 9 heteroatoms. The van der Waals surface area contributed by atoms with Crippen molar-refractivity contribution in [2.75, 3.05) is 19.8 Å². The molecule has 0 fully saturated rings. The molecule has 2 aromatic carbocycles. The Morgan fingerprint density at radius 2 is 2.00 bits per heavy atom. The number of phenolic OH excluding ortho intramolecular Hbond substituents is 1. The number of phenols is 1. The normalized spacial score (nSPS) is 13.6. The maximum absolute atomic E-state index is 12.7. The molecule has 152 valence electrons. The number of fused-ring (bicyclic) bond motifs is 1. The summed E-state index contributed by atoms with van der Waals surface area (Å²) in [7, 11) is 0. The Kier molecular flexibility index (Phi) is 6.30. The molecule has 0 aliphatic carbocycles. The first-order valence-corrected chi connectivity index (χ1v) is 8.97. The highest BCUT2D eigenvalue weighted by Gasteiger charge is 2.30. The topological polar surface area (TPSA) is 128 Å². The van der Waals surface area contributed by atoms with Crippen molar-refractivity contribution in [3.05, 3.63) is 59.2 Å². The SMILES string of the molecule is O=CNC(=O)N[C@@H](CN1Cc2ccc(O)cc2C1=O)c1ccc(OCCO)cc1. The van der Waals surface area contributed by atoms with Crippen LogP contribution in [0.5, 0.6) is 11.5 Å². The number of amides is 4. The molecule has 1 aliphatic heterocycles. The van der Waals surface area contributed by atoms with Crippen molar-refractivity contribution in [2.24, 2.45) is 0 Å². The van der Waals surface area contributed by atoms with Crippen LogP contribution in [0.15, 0.2) is 42.5 Å². The number of hydrogen-bond acceptors (Lipinski definition) is 6. The Bertz CT molecular complexity index is 900. The molecular weight excluding hydrogens is 378 g/mol. The van der Waals surface area contributed by atoms with E-state index < -0.39 is 12.1 Å². The molecule has 2 aromatic rings. The fourth-order valence-electron chi connectivity index (χ4n) is 3.16. The van der Waals surface area contributed by atoms with Crippen molar-refractivity contribution in [3.8, 4) is 11.5 Å². The van der Waals surface area contributed by atoms with Gasteiger partial charge in [0.25, 0.3) is 5.91 Å². The van der Waals surface area contributed by atoms with Crippen molar-refractivity contribution in [1.82, 2.24) is 15.5 Å². The van der Waals surface area contributed by atoms with E-state index in [1.54, 1.807) is 35.2 Å². The van der Waals surface area contributed by atoms with Crippen molar-refractivity contribution in [2.45, 2.75) is 12.6 Å². The number of carbonyl (C=O) groups excluding carboxylic acids is 3. The zero-order chi connectivity index (χ0) is 20.8. The molecule has 3 rings (SSSR count). The minimum atomic E-state index is -0.688. The predicted molar refractivity (Wildman–Crippen MR) is 102 cm³/mol. The van der Waals surface area contributed by atoms with Crippen LogP contribution < -0.4 is 15.4 Å². The number of aliphatic hydroxyl groups excluding tert-OH is 1. The van der Waals surface area contributed by atoms with Crippen LogP contribution in [-0.2, 0) is 11.3 Å². The second kappa shape index (κ2) is 9.07. The van der Waals surface area contributed by atoms with Crippen molar-refractivity contribution in [3.63, 3.8) is 0 Å². The van der Waals surface area contributed by atoms with E-state index in [0.29, 0.717) is 23.4 Å². The summed E-state index contributed by atoms with van der Waals surface area (Å²) in [5.74, 6) is 0.317. The predicted octanol–water partition coefficient (Wildman–Crippen LogP) is 0.916. The molecule has 1 aliphatic rings. The highest BCUT2D eigenvalue weighted by Crippen LogP contribution is 2.28. The summed E-state index contributed by atoms with van der Waals surface area (Å²) in [4.78, 5) is 36.7. The van der Waals surface area contributed by atoms with Gasteiger partial charge in [0, 0.05) is 18.7 Å². The summed E-state index contributed by atoms with van der Waals surface area (Å²) >= 11 is 0. The molecule has 0 bridgehead atoms. The van der Waals surface area contributed by atoms with Gasteiger partial charge in [0.1, 0.15) is 18.1 Å². The van der Waals surface area contributed by atoms with Crippen LogP contribution >= 0.6 is 0 Å². The van der Waals surface area contributed by atoms with Gasteiger partial charge in [0.2, 0.25) is 6.41 Å². The number of carbonyl (C=O) groups is 3. The van der Waals surface area contributed by atoms with Gasteiger partial charge in [-0.15, -0.1) is 0 Å². The van der Waals surface area contributed by atoms with Crippen LogP contribution in [0.1, 0.15) is 27.5 Å². The van der Waals surface area contributed by atoms with Gasteiger partial charge in [-0.3, -0.25) is 14.9 Å². The minimum absolute atomic E-state index is 0.0115. The molecule has 9 nitrogen and oxygen atoms in total. The van der Waals surface area contributed by atoms with E-state index >= 15 is 0 Å². The van der Waals surface area contributed by atoms with Crippen molar-refractivity contribution >= 4 is 18.3 Å². The lowest BCUT2D eigenvalue weighted by molar-refractivity contribution is -0.108. The Labute approximate surface area is 166 Å². The molecule has 4 amide bonds. The zero-order valence-corrected chi connectivity index (χ0v) is 15.5. The summed E-state index contributed by atoms with van der Waals surface area (Å²) in [5, 5.41) is 23.2. The molecule has 0 aromatic heterocycles. The standard InChI is InChI=1S/C20H21N3O6/c24-7-8-29-16-5-2-13(3-6-16)18(22-20(28)21-12-25)11-23-10-14-1-4-15(26)9-17(14)19(23)27/h1-6,9,12,18,24,26H,7-8,10-11H2,(H2,21,22,25,28)/t18-/m0/s1. The third kappa shape index (κ3) is 4.82. The van der Waals surface area contributed by atoms with E-state index in [1.807, 2.05) is 5.32 Å². The number of aliphatic hydroxyl groups is 1. The van der Waals surface area contributed by atoms with Gasteiger partial charge in [0.15, 0.2) is 0 Å². The van der Waals surface area contributed by atoms with Crippen LogP contribution in [0, 0.1) is 0 Å². The van der Waals surface area contributed by atoms with E-state index in [4.69, 9.17) is 9.84 Å². The number of urea groups is 1. The number of hydrogen-bond donors (Lipinski definition) is 4. The molecule has 0 saturated heterocycles. The van der Waals surface area contributed by atoms with E-state index in [0.717, 1.165) is 5.56 Å². The van der Waals surface area contributed by atoms with Crippen LogP contribution in [0.2, 0.25) is 0 Å². The number of benzene rings is 2. The van der Waals surface area contributed by atoms with Gasteiger partial charge in [-0.05, 0) is 35.4 Å². The number of nitrogens with one attached hydrogen (secondary N) is 2. The Hall–Kier alpha value is -3.59. The summed E-state index contributed by atoms with van der Waals surface area (Å²) in [6, 6.07) is 10.2. The highest BCUT2D eigenvalue weighted by molar-refractivity contribution is 5.98. The van der Waals surface area contributed by atoms with Gasteiger partial charge in [-0.2, -0.15) is 0 Å². The summed E-state index contributed by atoms with van der Waals surface area (Å²) in [6.45, 7) is 0.568. The fraction of sp³-hybridized carbons (Fsp3) is 0.250. The Balaban J connectivity index is 1.78. The second-order valence-corrected chi connectivity index (χ2v) is 6.46. The van der Waals surface area contributed by atoms with Crippen LogP contribution in [0.4, 0.5) is 4.79 Å². The van der Waals surface area contributed by atoms with Gasteiger partial charge in [-0.1, -0.05) is 18.2 Å². The van der Waals surface area contributed by atoms with Gasteiger partial charge in [-0.25, -0.2) is 4.79 Å². The van der Waals surface area contributed by atoms with Crippen LogP contribution in [0.25, 0.3) is 0 Å². The minimum Gasteiger partial charge on any atom is -0.508 e. The number of rotatable bonds is 8. The molecule has 29 heavy (non-hydrogen) atoms. The average molecular weight is 399 g/mol. The molecular formula is C20H21N3O6. The molecule has 0 saturated carbocycles. The van der Waals surface area contributed by atoms with E-state index in [9.17, 15) is 19.5 Å². The number of ether oxygens (including phenoxy) is 1. The number of nitrogens with zero attached hydrogens (tertiary/aromatic N) is 1. The number of imide groups is 1. The van der Waals surface area contributed by atoms with Crippen molar-refractivity contribution < 1.29 is 29.3 Å². The fourth-order valence-corrected chi connectivity index (χ4v) is 3.16. The summed E-state index contributed by atoms with van der Waals surface area (Å²) in [5.41, 5.74) is 1.92. The van der Waals surface area contributed by atoms with Gasteiger partial charge < -0.3 is 25.2 Å². The number of aromatic hydroxyl groups is 1. The smallest absolute Gasteiger partial charge is 0.321 e. The van der Waals surface area contributed by atoms with Crippen molar-refractivity contribution in [1.29, 1.82) is 0 Å². The lowest BCUT2D eigenvalue weighted by Gasteiger charge is -2.25. The quantitative estimate of drug-likeness (QED) is 0.489. The molecule has 1 atom stereocenters. The molecule has 0 radical (unpaired) electrons. The largest absolute Gasteiger partial charge is 0.508 e. The van der Waals surface area contributed by atoms with Gasteiger partial charge in [0.05, 0.1) is 12.6 Å². The first-order chi connectivity index (χ1) is 14.0. The maximum atomic E-state index is 12.7. The monoisotopic (exact) mass is 399 g/mol. The zero-order valence-electron chi connectivity index (χ0n) is 15.5. The van der Waals surface area contributed by atoms with Crippen LogP contribution in [0.3, 0.4) is 0 Å². The Morgan fingerprint density at radius 3 is 2.69 bits per heavy atom. The lowest BCUT2D eigenvalue weighted by Crippen LogP contribution is -2.42. The average Bonchev–Trinajstić information content (AvgIpc) is 3.01. The summed E-state index contributed by atoms with van der Waals surface area (Å²) in [6.07, 6.45) is 0.276. The van der Waals surface area contributed by atoms with E-state index in [-0.39, 0.29) is 37.8 Å². The lowest BCUT2D eigenvalue weighted by atomic mass is 10.1. The van der Waals surface area contributed by atoms with E-state index in [1.165, 1.54) is 12.1 Å². The summed E-state index contributed by atoms with van der Waals surface area (Å²) < 4.78 is 5.33. The second-order valence-electron chi connectivity index (χ2n) is 6.46. The highest BCUT2D eigenvalue weighted by atomic mass is 16.5. The molecule has 4 N–H and O–H groups in total. The van der Waals surface area contributed by atoms with E-state index in [2.05, 4.69) is 5.32 Å². The van der Waals surface area contributed by atoms with Gasteiger partial charge >= 0.3 is 6.03 Å². The Morgan fingerprint density at radius 1 is 1.24 bits per heavy atom. The third-order valence-electron chi connectivity index (χ3n) is 4.51. The van der Waals surface area contributed by atoms with Crippen LogP contribution in [-0.4, -0.2) is 53.2 Å². The molecule has 1 heterocycles.